The van der Waals surface area contributed by atoms with Crippen molar-refractivity contribution in [2.75, 3.05) is 0 Å². The summed E-state index contributed by atoms with van der Waals surface area (Å²) in [6, 6.07) is 9.35. The van der Waals surface area contributed by atoms with Crippen LogP contribution in [0.4, 0.5) is 4.39 Å². The van der Waals surface area contributed by atoms with Crippen LogP contribution in [0.15, 0.2) is 36.4 Å². The van der Waals surface area contributed by atoms with Gasteiger partial charge in [-0.3, -0.25) is 5.10 Å². The van der Waals surface area contributed by atoms with E-state index in [9.17, 15) is 14.3 Å². The summed E-state index contributed by atoms with van der Waals surface area (Å²) in [7, 11) is 0. The first-order valence-electron chi connectivity index (χ1n) is 6.04. The van der Waals surface area contributed by atoms with Gasteiger partial charge in [-0.1, -0.05) is 12.1 Å². The third kappa shape index (κ3) is 1.93. The van der Waals surface area contributed by atoms with Gasteiger partial charge < -0.3 is 5.11 Å². The average molecular weight is 270 g/mol. The molecule has 100 valence electrons. The fraction of sp³-hybridized carbons (Fsp3) is 0.0667. The molecule has 4 nitrogen and oxygen atoms in total. The number of rotatable bonds is 2. The Bertz CT molecular complexity index is 824. The number of halogens is 1. The molecule has 0 aliphatic carbocycles. The second kappa shape index (κ2) is 4.45. The lowest BCUT2D eigenvalue weighted by Gasteiger charge is -2.02. The summed E-state index contributed by atoms with van der Waals surface area (Å²) in [5.41, 5.74) is 2.75. The van der Waals surface area contributed by atoms with Gasteiger partial charge in [-0.25, -0.2) is 9.18 Å². The van der Waals surface area contributed by atoms with Gasteiger partial charge in [-0.05, 0) is 36.8 Å². The number of aromatic nitrogens is 2. The zero-order valence-corrected chi connectivity index (χ0v) is 10.6. The molecule has 1 heterocycles. The third-order valence-corrected chi connectivity index (χ3v) is 3.24. The molecule has 0 bridgehead atoms. The molecule has 0 spiro atoms. The molecule has 0 aliphatic heterocycles. The van der Waals surface area contributed by atoms with Gasteiger partial charge >= 0.3 is 5.97 Å². The standard InChI is InChI=1S/C15H11FN2O2/c1-8-5-13-12(7-11(8)15(19)20)14(18-17-13)9-3-2-4-10(16)6-9/h2-7H,1H3,(H,17,18)(H,19,20). The molecular weight excluding hydrogens is 259 g/mol. The zero-order chi connectivity index (χ0) is 14.3. The van der Waals surface area contributed by atoms with Crippen LogP contribution in [-0.2, 0) is 0 Å². The molecule has 0 fully saturated rings. The van der Waals surface area contributed by atoms with Crippen molar-refractivity contribution in [2.24, 2.45) is 0 Å². The highest BCUT2D eigenvalue weighted by atomic mass is 19.1. The van der Waals surface area contributed by atoms with E-state index in [1.807, 2.05) is 0 Å². The number of H-pyrrole nitrogens is 1. The number of carboxylic acids is 1. The fourth-order valence-corrected chi connectivity index (χ4v) is 2.26. The minimum Gasteiger partial charge on any atom is -0.478 e. The molecule has 1 aromatic heterocycles. The number of fused-ring (bicyclic) bond motifs is 1. The highest BCUT2D eigenvalue weighted by Crippen LogP contribution is 2.28. The summed E-state index contributed by atoms with van der Waals surface area (Å²) in [5, 5.41) is 16.9. The van der Waals surface area contributed by atoms with Crippen LogP contribution in [0.5, 0.6) is 0 Å². The van der Waals surface area contributed by atoms with Gasteiger partial charge in [0.05, 0.1) is 11.1 Å². The van der Waals surface area contributed by atoms with Gasteiger partial charge in [0.1, 0.15) is 11.5 Å². The van der Waals surface area contributed by atoms with Crippen LogP contribution in [0.3, 0.4) is 0 Å². The van der Waals surface area contributed by atoms with Gasteiger partial charge in [0.15, 0.2) is 0 Å². The Hall–Kier alpha value is -2.69. The van der Waals surface area contributed by atoms with Gasteiger partial charge in [-0.2, -0.15) is 5.10 Å². The molecule has 0 atom stereocenters. The smallest absolute Gasteiger partial charge is 0.335 e. The quantitative estimate of drug-likeness (QED) is 0.750. The Morgan fingerprint density at radius 3 is 2.80 bits per heavy atom. The predicted octanol–water partition coefficient (Wildman–Crippen LogP) is 3.38. The molecule has 20 heavy (non-hydrogen) atoms. The summed E-state index contributed by atoms with van der Waals surface area (Å²) < 4.78 is 13.3. The molecule has 0 saturated heterocycles. The van der Waals surface area contributed by atoms with Crippen molar-refractivity contribution in [1.29, 1.82) is 0 Å². The Morgan fingerprint density at radius 2 is 2.10 bits per heavy atom. The first-order valence-corrected chi connectivity index (χ1v) is 6.04. The molecule has 3 aromatic rings. The van der Waals surface area contributed by atoms with Crippen molar-refractivity contribution in [3.8, 4) is 11.3 Å². The number of carboxylic acid groups (broad SMARTS) is 1. The lowest BCUT2D eigenvalue weighted by Crippen LogP contribution is -1.99. The van der Waals surface area contributed by atoms with Crippen LogP contribution in [0, 0.1) is 12.7 Å². The maximum absolute atomic E-state index is 13.3. The molecule has 0 amide bonds. The fourth-order valence-electron chi connectivity index (χ4n) is 2.26. The second-order valence-corrected chi connectivity index (χ2v) is 4.60. The third-order valence-electron chi connectivity index (χ3n) is 3.24. The molecule has 0 radical (unpaired) electrons. The SMILES string of the molecule is Cc1cc2[nH]nc(-c3cccc(F)c3)c2cc1C(=O)O. The van der Waals surface area contributed by atoms with Gasteiger partial charge in [0.25, 0.3) is 0 Å². The highest BCUT2D eigenvalue weighted by molar-refractivity contribution is 6.00. The number of hydrogen-bond acceptors (Lipinski definition) is 2. The van der Waals surface area contributed by atoms with E-state index < -0.39 is 5.97 Å². The maximum atomic E-state index is 13.3. The number of nitrogens with zero attached hydrogens (tertiary/aromatic N) is 1. The largest absolute Gasteiger partial charge is 0.478 e. The van der Waals surface area contributed by atoms with Gasteiger partial charge in [0, 0.05) is 10.9 Å². The number of aromatic amines is 1. The molecule has 5 heteroatoms. The lowest BCUT2D eigenvalue weighted by atomic mass is 10.0. The van der Waals surface area contributed by atoms with Crippen molar-refractivity contribution < 1.29 is 14.3 Å². The summed E-state index contributed by atoms with van der Waals surface area (Å²) in [4.78, 5) is 11.2. The number of carbonyl (C=O) groups is 1. The van der Waals surface area contributed by atoms with Gasteiger partial charge in [0.2, 0.25) is 0 Å². The van der Waals surface area contributed by atoms with E-state index in [2.05, 4.69) is 10.2 Å². The normalized spacial score (nSPS) is 10.9. The van der Waals surface area contributed by atoms with E-state index in [1.165, 1.54) is 12.1 Å². The van der Waals surface area contributed by atoms with Crippen LogP contribution < -0.4 is 0 Å². The molecule has 3 rings (SSSR count). The highest BCUT2D eigenvalue weighted by Gasteiger charge is 2.14. The molecule has 0 unspecified atom stereocenters. The summed E-state index contributed by atoms with van der Waals surface area (Å²) >= 11 is 0. The summed E-state index contributed by atoms with van der Waals surface area (Å²) in [5.74, 6) is -1.35. The Morgan fingerprint density at radius 1 is 1.30 bits per heavy atom. The van der Waals surface area contributed by atoms with E-state index in [1.54, 1.807) is 31.2 Å². The predicted molar refractivity (Wildman–Crippen MR) is 73.2 cm³/mol. The summed E-state index contributed by atoms with van der Waals surface area (Å²) in [6.07, 6.45) is 0. The number of hydrogen-bond donors (Lipinski definition) is 2. The van der Waals surface area contributed by atoms with Crippen LogP contribution in [0.25, 0.3) is 22.2 Å². The molecular formula is C15H11FN2O2. The first kappa shape index (κ1) is 12.3. The monoisotopic (exact) mass is 270 g/mol. The van der Waals surface area contributed by atoms with Crippen molar-refractivity contribution in [1.82, 2.24) is 10.2 Å². The van der Waals surface area contributed by atoms with Crippen molar-refractivity contribution in [3.63, 3.8) is 0 Å². The molecule has 0 aliphatic rings. The number of aryl methyl sites for hydroxylation is 1. The van der Waals surface area contributed by atoms with Crippen molar-refractivity contribution >= 4 is 16.9 Å². The Kier molecular flexibility index (Phi) is 2.75. The van der Waals surface area contributed by atoms with Gasteiger partial charge in [-0.15, -0.1) is 0 Å². The van der Waals surface area contributed by atoms with E-state index in [-0.39, 0.29) is 11.4 Å². The van der Waals surface area contributed by atoms with E-state index >= 15 is 0 Å². The maximum Gasteiger partial charge on any atom is 0.335 e. The van der Waals surface area contributed by atoms with Crippen LogP contribution in [-0.4, -0.2) is 21.3 Å². The van der Waals surface area contributed by atoms with Crippen molar-refractivity contribution in [2.45, 2.75) is 6.92 Å². The molecule has 0 saturated carbocycles. The van der Waals surface area contributed by atoms with Crippen LogP contribution in [0.1, 0.15) is 15.9 Å². The average Bonchev–Trinajstić information content (AvgIpc) is 2.80. The molecule has 2 aromatic carbocycles. The van der Waals surface area contributed by atoms with Crippen molar-refractivity contribution in [3.05, 3.63) is 53.3 Å². The molecule has 2 N–H and O–H groups in total. The van der Waals surface area contributed by atoms with E-state index in [0.717, 1.165) is 5.52 Å². The summed E-state index contributed by atoms with van der Waals surface area (Å²) in [6.45, 7) is 1.73. The number of benzene rings is 2. The topological polar surface area (TPSA) is 66.0 Å². The Labute approximate surface area is 113 Å². The number of aromatic carboxylic acids is 1. The zero-order valence-electron chi connectivity index (χ0n) is 10.6. The minimum atomic E-state index is -0.990. The minimum absolute atomic E-state index is 0.219. The van der Waals surface area contributed by atoms with E-state index in [0.29, 0.717) is 22.2 Å². The number of nitrogens with one attached hydrogen (secondary N) is 1. The second-order valence-electron chi connectivity index (χ2n) is 4.60. The van der Waals surface area contributed by atoms with Crippen LogP contribution in [0.2, 0.25) is 0 Å². The Balaban J connectivity index is 2.27. The van der Waals surface area contributed by atoms with Crippen LogP contribution >= 0.6 is 0 Å². The van der Waals surface area contributed by atoms with E-state index in [4.69, 9.17) is 0 Å². The lowest BCUT2D eigenvalue weighted by molar-refractivity contribution is 0.0696. The first-order chi connectivity index (χ1) is 9.56.